The summed E-state index contributed by atoms with van der Waals surface area (Å²) < 4.78 is 0. The van der Waals surface area contributed by atoms with Gasteiger partial charge in [-0.2, -0.15) is 0 Å². The van der Waals surface area contributed by atoms with E-state index in [1.807, 2.05) is 30.3 Å². The van der Waals surface area contributed by atoms with Crippen molar-refractivity contribution < 1.29 is 9.59 Å². The fourth-order valence-corrected chi connectivity index (χ4v) is 9.08. The van der Waals surface area contributed by atoms with Crippen LogP contribution in [-0.4, -0.2) is 29.7 Å². The van der Waals surface area contributed by atoms with Crippen molar-refractivity contribution >= 4 is 23.5 Å². The van der Waals surface area contributed by atoms with Gasteiger partial charge in [0.15, 0.2) is 5.78 Å². The standard InChI is InChI=1S/C44H40N2O2/c1-30-17-21-32(22-18-30)25-36-28-46(27-33-11-5-3-6-12-33)29-44(41(36)47)40(35-23-19-31(2)20-24-35)37(34-13-7-4-8-14-34)26-43(44)38-15-9-10-16-39(38)45-42(43)48/h3-25,37,40H,26-29H2,1-2H3,(H,45,48)/b36-25+. The molecule has 1 saturated carbocycles. The van der Waals surface area contributed by atoms with Gasteiger partial charge in [0.1, 0.15) is 0 Å². The predicted octanol–water partition coefficient (Wildman–Crippen LogP) is 8.62. The summed E-state index contributed by atoms with van der Waals surface area (Å²) in [6.07, 6.45) is 2.62. The molecule has 5 aromatic rings. The highest BCUT2D eigenvalue weighted by Gasteiger charge is 2.74. The Morgan fingerprint density at radius 3 is 2.06 bits per heavy atom. The molecule has 4 unspecified atom stereocenters. The van der Waals surface area contributed by atoms with Crippen LogP contribution in [0.4, 0.5) is 5.69 Å². The number of carbonyl (C=O) groups excluding carboxylic acids is 2. The number of nitrogens with one attached hydrogen (secondary N) is 1. The lowest BCUT2D eigenvalue weighted by Gasteiger charge is -2.51. The van der Waals surface area contributed by atoms with Gasteiger partial charge in [-0.05, 0) is 66.1 Å². The van der Waals surface area contributed by atoms with Gasteiger partial charge >= 0.3 is 0 Å². The summed E-state index contributed by atoms with van der Waals surface area (Å²) in [5.41, 5.74) is 7.15. The topological polar surface area (TPSA) is 49.4 Å². The average Bonchev–Trinajstić information content (AvgIpc) is 3.57. The number of piperidine rings is 1. The van der Waals surface area contributed by atoms with Gasteiger partial charge in [-0.25, -0.2) is 0 Å². The Balaban J connectivity index is 1.42. The second-order valence-electron chi connectivity index (χ2n) is 14.0. The van der Waals surface area contributed by atoms with E-state index in [9.17, 15) is 4.79 Å². The van der Waals surface area contributed by atoms with Crippen LogP contribution in [0.5, 0.6) is 0 Å². The van der Waals surface area contributed by atoms with E-state index < -0.39 is 10.8 Å². The maximum Gasteiger partial charge on any atom is 0.236 e. The summed E-state index contributed by atoms with van der Waals surface area (Å²) >= 11 is 0. The summed E-state index contributed by atoms with van der Waals surface area (Å²) in [6.45, 7) is 5.83. The fraction of sp³-hybridized carbons (Fsp3) is 0.227. The number of fused-ring (bicyclic) bond motifs is 3. The fourth-order valence-electron chi connectivity index (χ4n) is 9.08. The van der Waals surface area contributed by atoms with E-state index in [0.29, 0.717) is 26.1 Å². The average molecular weight is 629 g/mol. The van der Waals surface area contributed by atoms with E-state index in [2.05, 4.69) is 133 Å². The maximum absolute atomic E-state index is 15.9. The van der Waals surface area contributed by atoms with E-state index in [1.54, 1.807) is 0 Å². The molecule has 4 heteroatoms. The minimum absolute atomic E-state index is 0.0629. The first-order valence-corrected chi connectivity index (χ1v) is 17.0. The Hall–Kier alpha value is -5.06. The molecule has 4 atom stereocenters. The van der Waals surface area contributed by atoms with E-state index in [-0.39, 0.29) is 23.5 Å². The summed E-state index contributed by atoms with van der Waals surface area (Å²) in [4.78, 5) is 33.3. The van der Waals surface area contributed by atoms with Crippen LogP contribution in [-0.2, 0) is 21.5 Å². The largest absolute Gasteiger partial charge is 0.325 e. The van der Waals surface area contributed by atoms with Gasteiger partial charge in [-0.1, -0.05) is 139 Å². The Kier molecular flexibility index (Phi) is 7.49. The lowest BCUT2D eigenvalue weighted by molar-refractivity contribution is -0.141. The molecular weight excluding hydrogens is 588 g/mol. The van der Waals surface area contributed by atoms with Crippen LogP contribution in [0.2, 0.25) is 0 Å². The number of nitrogens with zero attached hydrogens (tertiary/aromatic N) is 1. The van der Waals surface area contributed by atoms with Gasteiger partial charge in [0, 0.05) is 36.8 Å². The van der Waals surface area contributed by atoms with Gasteiger partial charge in [-0.15, -0.1) is 0 Å². The molecular formula is C44H40N2O2. The minimum atomic E-state index is -1.08. The first kappa shape index (κ1) is 30.3. The lowest BCUT2D eigenvalue weighted by Crippen LogP contribution is -2.62. The van der Waals surface area contributed by atoms with Crippen LogP contribution in [0, 0.1) is 19.3 Å². The zero-order valence-electron chi connectivity index (χ0n) is 27.5. The SMILES string of the molecule is Cc1ccc(/C=C2\CN(Cc3ccccc3)CC3(C2=O)C(c2ccc(C)cc2)C(c2ccccc2)CC32C(=O)Nc3ccccc32)cc1. The van der Waals surface area contributed by atoms with Crippen molar-refractivity contribution in [3.8, 4) is 0 Å². The van der Waals surface area contributed by atoms with Crippen LogP contribution in [0.3, 0.4) is 0 Å². The maximum atomic E-state index is 15.9. The highest BCUT2D eigenvalue weighted by molar-refractivity contribution is 6.16. The van der Waals surface area contributed by atoms with Gasteiger partial charge in [0.25, 0.3) is 0 Å². The molecule has 2 aliphatic heterocycles. The molecule has 3 aliphatic rings. The molecule has 238 valence electrons. The zero-order valence-corrected chi connectivity index (χ0v) is 27.5. The Morgan fingerprint density at radius 1 is 0.729 bits per heavy atom. The van der Waals surface area contributed by atoms with Crippen LogP contribution in [0.1, 0.15) is 57.2 Å². The highest BCUT2D eigenvalue weighted by Crippen LogP contribution is 2.70. The smallest absolute Gasteiger partial charge is 0.236 e. The van der Waals surface area contributed by atoms with Gasteiger partial charge in [0.2, 0.25) is 5.91 Å². The molecule has 1 saturated heterocycles. The van der Waals surface area contributed by atoms with Crippen molar-refractivity contribution in [3.63, 3.8) is 0 Å². The number of Topliss-reactive ketones (excluding diaryl/α,β-unsaturated/α-hetero) is 1. The number of para-hydroxylation sites is 1. The number of likely N-dealkylation sites (tertiary alicyclic amines) is 1. The molecule has 48 heavy (non-hydrogen) atoms. The third-order valence-corrected chi connectivity index (χ3v) is 11.1. The highest BCUT2D eigenvalue weighted by atomic mass is 16.2. The van der Waals surface area contributed by atoms with E-state index in [4.69, 9.17) is 0 Å². The first-order chi connectivity index (χ1) is 23.4. The molecule has 4 nitrogen and oxygen atoms in total. The Morgan fingerprint density at radius 2 is 1.35 bits per heavy atom. The van der Waals surface area contributed by atoms with Crippen molar-refractivity contribution in [1.29, 1.82) is 0 Å². The van der Waals surface area contributed by atoms with Crippen LogP contribution in [0.15, 0.2) is 139 Å². The molecule has 5 aromatic carbocycles. The van der Waals surface area contributed by atoms with Crippen LogP contribution < -0.4 is 5.32 Å². The molecule has 0 radical (unpaired) electrons. The second-order valence-corrected chi connectivity index (χ2v) is 14.0. The lowest BCUT2D eigenvalue weighted by atomic mass is 9.53. The number of benzene rings is 5. The van der Waals surface area contributed by atoms with Crippen molar-refractivity contribution in [2.24, 2.45) is 5.41 Å². The number of hydrogen-bond acceptors (Lipinski definition) is 3. The zero-order chi connectivity index (χ0) is 32.9. The van der Waals surface area contributed by atoms with Crippen molar-refractivity contribution in [3.05, 3.63) is 178 Å². The second kappa shape index (κ2) is 11.9. The first-order valence-electron chi connectivity index (χ1n) is 17.0. The summed E-state index contributed by atoms with van der Waals surface area (Å²) in [5.74, 6) is -0.288. The molecule has 1 amide bonds. The number of amides is 1. The van der Waals surface area contributed by atoms with Crippen LogP contribution in [0.25, 0.3) is 6.08 Å². The quantitative estimate of drug-likeness (QED) is 0.198. The Labute approximate surface area is 283 Å². The van der Waals surface area contributed by atoms with E-state index in [0.717, 1.165) is 33.5 Å². The number of carbonyl (C=O) groups is 2. The summed E-state index contributed by atoms with van der Waals surface area (Å²) in [5, 5.41) is 3.28. The number of aryl methyl sites for hydroxylation is 2. The molecule has 1 aliphatic carbocycles. The molecule has 1 N–H and O–H groups in total. The van der Waals surface area contributed by atoms with Crippen molar-refractivity contribution in [1.82, 2.24) is 4.90 Å². The minimum Gasteiger partial charge on any atom is -0.325 e. The monoisotopic (exact) mass is 628 g/mol. The van der Waals surface area contributed by atoms with E-state index >= 15 is 4.79 Å². The van der Waals surface area contributed by atoms with Crippen molar-refractivity contribution in [2.45, 2.75) is 44.1 Å². The number of hydrogen-bond donors (Lipinski definition) is 1. The third-order valence-electron chi connectivity index (χ3n) is 11.1. The molecule has 0 bridgehead atoms. The van der Waals surface area contributed by atoms with Gasteiger partial charge in [-0.3, -0.25) is 14.5 Å². The third kappa shape index (κ3) is 4.78. The number of anilines is 1. The van der Waals surface area contributed by atoms with Gasteiger partial charge < -0.3 is 5.32 Å². The molecule has 0 aromatic heterocycles. The van der Waals surface area contributed by atoms with E-state index in [1.165, 1.54) is 16.7 Å². The normalized spacial score (nSPS) is 25.9. The number of ketones is 1. The molecule has 2 heterocycles. The molecule has 8 rings (SSSR count). The Bertz CT molecular complexity index is 2020. The van der Waals surface area contributed by atoms with Crippen molar-refractivity contribution in [2.75, 3.05) is 18.4 Å². The van der Waals surface area contributed by atoms with Crippen LogP contribution >= 0.6 is 0 Å². The summed E-state index contributed by atoms with van der Waals surface area (Å²) in [7, 11) is 0. The predicted molar refractivity (Wildman–Crippen MR) is 193 cm³/mol. The van der Waals surface area contributed by atoms with Gasteiger partial charge in [0.05, 0.1) is 10.8 Å². The number of rotatable bonds is 5. The molecule has 2 fully saturated rings. The summed E-state index contributed by atoms with van der Waals surface area (Å²) in [6, 6.07) is 46.2. The molecule has 2 spiro atoms.